The van der Waals surface area contributed by atoms with Crippen molar-refractivity contribution in [2.45, 2.75) is 24.9 Å². The molecule has 0 spiro atoms. The zero-order valence-electron chi connectivity index (χ0n) is 13.0. The largest absolute Gasteiger partial charge is 0.371 e. The Bertz CT molecular complexity index is 1010. The second-order valence-corrected chi connectivity index (χ2v) is 6.50. The molecule has 0 saturated carbocycles. The minimum Gasteiger partial charge on any atom is -0.371 e. The van der Waals surface area contributed by atoms with Crippen molar-refractivity contribution in [1.82, 2.24) is 4.57 Å². The van der Waals surface area contributed by atoms with Crippen molar-refractivity contribution in [3.05, 3.63) is 70.3 Å². The van der Waals surface area contributed by atoms with Crippen LogP contribution in [0.1, 0.15) is 29.8 Å². The van der Waals surface area contributed by atoms with Gasteiger partial charge in [0, 0.05) is 11.6 Å². The summed E-state index contributed by atoms with van der Waals surface area (Å²) in [5.41, 5.74) is 3.72. The Hall–Kier alpha value is -2.62. The van der Waals surface area contributed by atoms with E-state index in [0.29, 0.717) is 5.92 Å². The molecule has 5 rings (SSSR count). The minimum absolute atomic E-state index is 0.130. The first-order valence-electron chi connectivity index (χ1n) is 8.12. The lowest BCUT2D eigenvalue weighted by Gasteiger charge is -2.26. The number of fused-ring (bicyclic) bond motifs is 6. The molecule has 0 radical (unpaired) electrons. The lowest BCUT2D eigenvalue weighted by molar-refractivity contribution is -0.660. The number of aromatic nitrogens is 2. The molecule has 0 saturated heterocycles. The third-order valence-electron chi connectivity index (χ3n) is 5.38. The van der Waals surface area contributed by atoms with Crippen molar-refractivity contribution in [3.8, 4) is 0 Å². The van der Waals surface area contributed by atoms with E-state index < -0.39 is 0 Å². The van der Waals surface area contributed by atoms with Crippen molar-refractivity contribution in [3.63, 3.8) is 0 Å². The third kappa shape index (κ3) is 1.61. The van der Waals surface area contributed by atoms with Gasteiger partial charge in [0.2, 0.25) is 0 Å². The first-order chi connectivity index (χ1) is 11.3. The van der Waals surface area contributed by atoms with E-state index in [0.717, 1.165) is 29.7 Å². The van der Waals surface area contributed by atoms with Gasteiger partial charge in [0.15, 0.2) is 0 Å². The molecule has 2 aliphatic heterocycles. The highest BCUT2D eigenvalue weighted by Gasteiger charge is 2.44. The maximum atomic E-state index is 12.9. The average molecular weight is 304 g/mol. The molecular weight excluding hydrogens is 286 g/mol. The predicted molar refractivity (Wildman–Crippen MR) is 89.5 cm³/mol. The maximum absolute atomic E-state index is 12.9. The molecule has 2 aliphatic rings. The standard InChI is InChI=1S/C19H18N3O/c1-21-16-9-5-3-7-14(16)19(23)22-11-10-13-12-6-2-4-8-15(12)20-17(13)18(21)22/h2-9,13,17,20H,10-11H2,1H3/q+1/t13-,17-/m0/s1. The highest BCUT2D eigenvalue weighted by molar-refractivity contribution is 5.74. The second kappa shape index (κ2) is 4.44. The van der Waals surface area contributed by atoms with Gasteiger partial charge in [-0.05, 0) is 30.2 Å². The zero-order valence-corrected chi connectivity index (χ0v) is 13.0. The van der Waals surface area contributed by atoms with Gasteiger partial charge in [-0.25, -0.2) is 9.36 Å². The Labute approximate surface area is 134 Å². The summed E-state index contributed by atoms with van der Waals surface area (Å²) in [5, 5.41) is 4.44. The van der Waals surface area contributed by atoms with Gasteiger partial charge in [0.1, 0.15) is 16.9 Å². The summed E-state index contributed by atoms with van der Waals surface area (Å²) in [7, 11) is 2.07. The first-order valence-corrected chi connectivity index (χ1v) is 8.12. The van der Waals surface area contributed by atoms with Gasteiger partial charge in [0.25, 0.3) is 5.82 Å². The molecule has 0 unspecified atom stereocenters. The molecule has 4 nitrogen and oxygen atoms in total. The molecule has 0 bridgehead atoms. The van der Waals surface area contributed by atoms with Crippen LogP contribution in [0.25, 0.3) is 10.9 Å². The van der Waals surface area contributed by atoms with Crippen LogP contribution in [0.3, 0.4) is 0 Å². The van der Waals surface area contributed by atoms with Gasteiger partial charge < -0.3 is 5.32 Å². The van der Waals surface area contributed by atoms with E-state index in [4.69, 9.17) is 0 Å². The molecule has 0 fully saturated rings. The second-order valence-electron chi connectivity index (χ2n) is 6.50. The molecule has 114 valence electrons. The van der Waals surface area contributed by atoms with Gasteiger partial charge in [-0.1, -0.05) is 30.3 Å². The zero-order chi connectivity index (χ0) is 15.6. The average Bonchev–Trinajstić information content (AvgIpc) is 2.98. The van der Waals surface area contributed by atoms with Crippen molar-refractivity contribution >= 4 is 16.6 Å². The van der Waals surface area contributed by atoms with E-state index in [1.54, 1.807) is 0 Å². The molecule has 2 atom stereocenters. The minimum atomic E-state index is 0.130. The summed E-state index contributed by atoms with van der Waals surface area (Å²) in [4.78, 5) is 12.9. The van der Waals surface area contributed by atoms with Crippen LogP contribution < -0.4 is 15.4 Å². The highest BCUT2D eigenvalue weighted by atomic mass is 16.1. The third-order valence-corrected chi connectivity index (χ3v) is 5.38. The molecular formula is C19H18N3O+. The first kappa shape index (κ1) is 12.9. The smallest absolute Gasteiger partial charge is 0.345 e. The molecule has 3 heterocycles. The van der Waals surface area contributed by atoms with Crippen LogP contribution in [0.4, 0.5) is 5.69 Å². The number of nitrogens with zero attached hydrogens (tertiary/aromatic N) is 2. The van der Waals surface area contributed by atoms with Gasteiger partial charge in [-0.3, -0.25) is 0 Å². The van der Waals surface area contributed by atoms with Crippen LogP contribution in [-0.4, -0.2) is 4.57 Å². The molecule has 1 aromatic heterocycles. The fourth-order valence-corrected chi connectivity index (χ4v) is 4.33. The Morgan fingerprint density at radius 3 is 2.83 bits per heavy atom. The number of para-hydroxylation sites is 2. The van der Waals surface area contributed by atoms with E-state index >= 15 is 0 Å². The summed E-state index contributed by atoms with van der Waals surface area (Å²) in [6, 6.07) is 16.6. The van der Waals surface area contributed by atoms with E-state index in [1.807, 2.05) is 28.8 Å². The van der Waals surface area contributed by atoms with Crippen LogP contribution in [0, 0.1) is 0 Å². The number of aryl methyl sites for hydroxylation is 1. The number of rotatable bonds is 0. The quantitative estimate of drug-likeness (QED) is 0.648. The molecule has 2 aromatic carbocycles. The van der Waals surface area contributed by atoms with E-state index in [1.165, 1.54) is 11.3 Å². The van der Waals surface area contributed by atoms with Crippen molar-refractivity contribution in [2.24, 2.45) is 7.05 Å². The summed E-state index contributed by atoms with van der Waals surface area (Å²) in [6.07, 6.45) is 1.000. The van der Waals surface area contributed by atoms with E-state index in [2.05, 4.69) is 41.2 Å². The van der Waals surface area contributed by atoms with Crippen molar-refractivity contribution in [2.75, 3.05) is 5.32 Å². The number of benzene rings is 2. The summed E-state index contributed by atoms with van der Waals surface area (Å²) < 4.78 is 4.15. The predicted octanol–water partition coefficient (Wildman–Crippen LogP) is 2.48. The fraction of sp³-hybridized carbons (Fsp3) is 0.263. The molecule has 3 aromatic rings. The summed E-state index contributed by atoms with van der Waals surface area (Å²) in [6.45, 7) is 0.782. The van der Waals surface area contributed by atoms with E-state index in [-0.39, 0.29) is 11.6 Å². The number of hydrogen-bond donors (Lipinski definition) is 1. The monoisotopic (exact) mass is 304 g/mol. The van der Waals surface area contributed by atoms with Gasteiger partial charge in [-0.15, -0.1) is 0 Å². The van der Waals surface area contributed by atoms with Crippen LogP contribution in [-0.2, 0) is 13.6 Å². The highest BCUT2D eigenvalue weighted by Crippen LogP contribution is 2.47. The Morgan fingerprint density at radius 1 is 1.13 bits per heavy atom. The SMILES string of the molecule is C[n+]1c2n(c(=O)c3ccccc31)CC[C@H]1c3ccccc3N[C@H]21. The van der Waals surface area contributed by atoms with Crippen LogP contribution in [0.15, 0.2) is 53.3 Å². The Kier molecular flexibility index (Phi) is 2.49. The number of nitrogens with one attached hydrogen (secondary N) is 1. The van der Waals surface area contributed by atoms with Gasteiger partial charge >= 0.3 is 5.56 Å². The van der Waals surface area contributed by atoms with Gasteiger partial charge in [-0.2, -0.15) is 4.57 Å². The molecule has 23 heavy (non-hydrogen) atoms. The van der Waals surface area contributed by atoms with Crippen molar-refractivity contribution in [1.29, 1.82) is 0 Å². The summed E-state index contributed by atoms with van der Waals surface area (Å²) in [5.74, 6) is 1.53. The fourth-order valence-electron chi connectivity index (χ4n) is 4.33. The molecule has 4 heteroatoms. The Balaban J connectivity index is 1.80. The number of hydrogen-bond acceptors (Lipinski definition) is 2. The molecule has 0 amide bonds. The number of anilines is 1. The van der Waals surface area contributed by atoms with Crippen LogP contribution in [0.2, 0.25) is 0 Å². The van der Waals surface area contributed by atoms with Crippen molar-refractivity contribution < 1.29 is 4.57 Å². The van der Waals surface area contributed by atoms with Crippen LogP contribution in [0.5, 0.6) is 0 Å². The lowest BCUT2D eigenvalue weighted by atomic mass is 9.88. The normalized spacial score (nSPS) is 21.4. The molecule has 1 N–H and O–H groups in total. The van der Waals surface area contributed by atoms with E-state index in [9.17, 15) is 4.79 Å². The Morgan fingerprint density at radius 2 is 1.91 bits per heavy atom. The van der Waals surface area contributed by atoms with Gasteiger partial charge in [0.05, 0.1) is 13.6 Å². The maximum Gasteiger partial charge on any atom is 0.345 e. The molecule has 0 aliphatic carbocycles. The lowest BCUT2D eigenvalue weighted by Crippen LogP contribution is -2.48. The topological polar surface area (TPSA) is 37.9 Å². The summed E-state index contributed by atoms with van der Waals surface area (Å²) >= 11 is 0. The van der Waals surface area contributed by atoms with Crippen LogP contribution >= 0.6 is 0 Å².